The standard InChI is InChI=1S/C25H28ClN3O4S/c26-19-3-5-21-18(10-19)2-1-8-25(21)15-29-13-17-7-9-28(12-17)14-24(30)27-34(31,32)20-4-6-23(33-16-25)22(29)11-20/h3-6,10-11,17H,1-2,7-9,12-16H2,(H,27,30). The molecule has 3 unspecified atom stereocenters. The molecule has 1 fully saturated rings. The molecule has 0 aromatic heterocycles. The smallest absolute Gasteiger partial charge is 0.264 e. The summed E-state index contributed by atoms with van der Waals surface area (Å²) in [5.41, 5.74) is 3.16. The van der Waals surface area contributed by atoms with Gasteiger partial charge in [0, 0.05) is 30.1 Å². The van der Waals surface area contributed by atoms with Gasteiger partial charge in [-0.2, -0.15) is 0 Å². The van der Waals surface area contributed by atoms with Gasteiger partial charge in [0.05, 0.1) is 23.7 Å². The van der Waals surface area contributed by atoms with Crippen LogP contribution in [0.2, 0.25) is 5.02 Å². The third-order valence-electron chi connectivity index (χ3n) is 7.78. The average molecular weight is 502 g/mol. The molecule has 3 heterocycles. The van der Waals surface area contributed by atoms with Crippen molar-refractivity contribution >= 4 is 33.2 Å². The minimum absolute atomic E-state index is 0.0860. The topological polar surface area (TPSA) is 79.0 Å². The number of nitrogens with one attached hydrogen (secondary N) is 1. The van der Waals surface area contributed by atoms with Crippen molar-refractivity contribution in [3.8, 4) is 5.75 Å². The number of nitrogens with zero attached hydrogens (tertiary/aromatic N) is 2. The molecule has 1 aliphatic carbocycles. The Kier molecular flexibility index (Phi) is 5.31. The molecule has 4 bridgehead atoms. The number of hydrogen-bond acceptors (Lipinski definition) is 6. The summed E-state index contributed by atoms with van der Waals surface area (Å²) in [6, 6.07) is 11.1. The van der Waals surface area contributed by atoms with E-state index in [0.29, 0.717) is 18.3 Å². The van der Waals surface area contributed by atoms with Crippen molar-refractivity contribution in [3.05, 3.63) is 52.5 Å². The quantitative estimate of drug-likeness (QED) is 0.598. The lowest BCUT2D eigenvalue weighted by molar-refractivity contribution is -0.120. The maximum Gasteiger partial charge on any atom is 0.264 e. The number of fused-ring (bicyclic) bond motifs is 5. The van der Waals surface area contributed by atoms with Crippen molar-refractivity contribution in [2.45, 2.75) is 36.0 Å². The molecule has 0 radical (unpaired) electrons. The summed E-state index contributed by atoms with van der Waals surface area (Å²) < 4.78 is 34.6. The van der Waals surface area contributed by atoms with E-state index in [1.807, 2.05) is 6.07 Å². The molecular weight excluding hydrogens is 474 g/mol. The van der Waals surface area contributed by atoms with Gasteiger partial charge < -0.3 is 9.64 Å². The van der Waals surface area contributed by atoms with Crippen LogP contribution in [0, 0.1) is 5.92 Å². The van der Waals surface area contributed by atoms with Crippen LogP contribution in [0.25, 0.3) is 0 Å². The number of amides is 1. The second-order valence-corrected chi connectivity index (χ2v) is 12.3. The summed E-state index contributed by atoms with van der Waals surface area (Å²) in [6.45, 7) is 3.74. The number of carbonyl (C=O) groups is 1. The minimum Gasteiger partial charge on any atom is -0.490 e. The van der Waals surface area contributed by atoms with Crippen LogP contribution in [-0.2, 0) is 26.7 Å². The number of sulfonamides is 1. The second kappa shape index (κ2) is 8.14. The maximum atomic E-state index is 13.0. The van der Waals surface area contributed by atoms with Crippen molar-refractivity contribution in [2.75, 3.05) is 44.2 Å². The van der Waals surface area contributed by atoms with Gasteiger partial charge in [-0.3, -0.25) is 9.69 Å². The number of aryl methyl sites for hydroxylation is 1. The Bertz CT molecular complexity index is 1270. The Hall–Kier alpha value is -2.29. The third-order valence-corrected chi connectivity index (χ3v) is 9.39. The number of hydrogen-bond donors (Lipinski definition) is 1. The number of carbonyl (C=O) groups excluding carboxylic acids is 1. The first-order valence-corrected chi connectivity index (χ1v) is 13.8. The van der Waals surface area contributed by atoms with Crippen LogP contribution in [0.4, 0.5) is 5.69 Å². The molecule has 2 aromatic rings. The third kappa shape index (κ3) is 3.85. The molecule has 1 saturated heterocycles. The lowest BCUT2D eigenvalue weighted by Crippen LogP contribution is -2.47. The molecule has 6 rings (SSSR count). The molecule has 2 aromatic carbocycles. The monoisotopic (exact) mass is 501 g/mol. The first-order valence-electron chi connectivity index (χ1n) is 11.9. The van der Waals surface area contributed by atoms with Gasteiger partial charge in [0.2, 0.25) is 5.91 Å². The molecule has 0 saturated carbocycles. The molecule has 34 heavy (non-hydrogen) atoms. The van der Waals surface area contributed by atoms with Crippen LogP contribution < -0.4 is 14.4 Å². The van der Waals surface area contributed by atoms with Gasteiger partial charge in [0.1, 0.15) is 5.75 Å². The molecular formula is C25H28ClN3O4S. The summed E-state index contributed by atoms with van der Waals surface area (Å²) in [7, 11) is -3.96. The van der Waals surface area contributed by atoms with Crippen LogP contribution in [-0.4, -0.2) is 58.6 Å². The summed E-state index contributed by atoms with van der Waals surface area (Å²) in [5, 5.41) is 0.753. The van der Waals surface area contributed by atoms with Crippen molar-refractivity contribution in [3.63, 3.8) is 0 Å². The molecule has 1 amide bonds. The largest absolute Gasteiger partial charge is 0.490 e. The van der Waals surface area contributed by atoms with Gasteiger partial charge in [-0.15, -0.1) is 0 Å². The Morgan fingerprint density at radius 2 is 2.03 bits per heavy atom. The lowest BCUT2D eigenvalue weighted by Gasteiger charge is -2.41. The lowest BCUT2D eigenvalue weighted by atomic mass is 9.70. The SMILES string of the molecule is O=C1CN2CCC(C2)CN2CC3(CCCc4cc(Cl)ccc43)COc3ccc(cc32)S(=O)(=O)N1. The highest BCUT2D eigenvalue weighted by Gasteiger charge is 2.43. The Morgan fingerprint density at radius 1 is 1.15 bits per heavy atom. The number of anilines is 1. The number of halogens is 1. The summed E-state index contributed by atoms with van der Waals surface area (Å²) in [6.07, 6.45) is 4.05. The highest BCUT2D eigenvalue weighted by Crippen LogP contribution is 2.45. The van der Waals surface area contributed by atoms with Crippen molar-refractivity contribution in [1.82, 2.24) is 9.62 Å². The normalized spacial score (nSPS) is 29.8. The van der Waals surface area contributed by atoms with Gasteiger partial charge in [0.15, 0.2) is 0 Å². The Balaban J connectivity index is 1.46. The molecule has 1 N–H and O–H groups in total. The predicted octanol–water partition coefficient (Wildman–Crippen LogP) is 2.95. The molecule has 7 nitrogen and oxygen atoms in total. The first kappa shape index (κ1) is 22.2. The zero-order valence-corrected chi connectivity index (χ0v) is 20.5. The molecule has 4 aliphatic rings. The van der Waals surface area contributed by atoms with E-state index < -0.39 is 15.9 Å². The zero-order chi connectivity index (χ0) is 23.5. The second-order valence-electron chi connectivity index (χ2n) is 10.2. The van der Waals surface area contributed by atoms with E-state index in [1.165, 1.54) is 17.2 Å². The van der Waals surface area contributed by atoms with Crippen LogP contribution in [0.15, 0.2) is 41.3 Å². The van der Waals surface area contributed by atoms with E-state index in [1.54, 1.807) is 12.1 Å². The van der Waals surface area contributed by atoms with E-state index in [0.717, 1.165) is 62.6 Å². The van der Waals surface area contributed by atoms with E-state index in [2.05, 4.69) is 26.7 Å². The van der Waals surface area contributed by atoms with Crippen molar-refractivity contribution in [2.24, 2.45) is 5.92 Å². The van der Waals surface area contributed by atoms with Gasteiger partial charge >= 0.3 is 0 Å². The first-order chi connectivity index (χ1) is 16.3. The summed E-state index contributed by atoms with van der Waals surface area (Å²) >= 11 is 6.32. The van der Waals surface area contributed by atoms with E-state index >= 15 is 0 Å². The molecule has 1 spiro atoms. The number of ether oxygens (including phenoxy) is 1. The molecule has 3 aliphatic heterocycles. The molecule has 180 valence electrons. The Morgan fingerprint density at radius 3 is 2.91 bits per heavy atom. The number of rotatable bonds is 0. The van der Waals surface area contributed by atoms with Gasteiger partial charge in [-0.25, -0.2) is 13.1 Å². The van der Waals surface area contributed by atoms with Gasteiger partial charge in [-0.1, -0.05) is 17.7 Å². The molecule has 9 heteroatoms. The number of benzene rings is 2. The highest BCUT2D eigenvalue weighted by atomic mass is 35.5. The van der Waals surface area contributed by atoms with E-state index in [4.69, 9.17) is 16.3 Å². The Labute approximate surface area is 205 Å². The van der Waals surface area contributed by atoms with Crippen LogP contribution in [0.1, 0.15) is 30.4 Å². The zero-order valence-electron chi connectivity index (χ0n) is 18.9. The van der Waals surface area contributed by atoms with Crippen molar-refractivity contribution in [1.29, 1.82) is 0 Å². The summed E-state index contributed by atoms with van der Waals surface area (Å²) in [5.74, 6) is 0.597. The summed E-state index contributed by atoms with van der Waals surface area (Å²) in [4.78, 5) is 16.9. The van der Waals surface area contributed by atoms with Gasteiger partial charge in [-0.05, 0) is 79.6 Å². The van der Waals surface area contributed by atoms with Crippen molar-refractivity contribution < 1.29 is 17.9 Å². The van der Waals surface area contributed by atoms with Crippen LogP contribution in [0.5, 0.6) is 5.75 Å². The fourth-order valence-electron chi connectivity index (χ4n) is 6.22. The van der Waals surface area contributed by atoms with Crippen LogP contribution in [0.3, 0.4) is 0 Å². The maximum absolute atomic E-state index is 13.0. The average Bonchev–Trinajstić information content (AvgIpc) is 3.16. The van der Waals surface area contributed by atoms with E-state index in [-0.39, 0.29) is 16.9 Å². The fraction of sp³-hybridized carbons (Fsp3) is 0.480. The predicted molar refractivity (Wildman–Crippen MR) is 130 cm³/mol. The highest BCUT2D eigenvalue weighted by molar-refractivity contribution is 7.90. The van der Waals surface area contributed by atoms with E-state index in [9.17, 15) is 13.2 Å². The minimum atomic E-state index is -3.96. The van der Waals surface area contributed by atoms with Gasteiger partial charge in [0.25, 0.3) is 10.0 Å². The van der Waals surface area contributed by atoms with Crippen LogP contribution >= 0.6 is 11.6 Å². The molecule has 3 atom stereocenters. The fourth-order valence-corrected chi connectivity index (χ4v) is 7.41.